The van der Waals surface area contributed by atoms with E-state index in [4.69, 9.17) is 0 Å². The first kappa shape index (κ1) is 27.9. The van der Waals surface area contributed by atoms with E-state index in [0.29, 0.717) is 0 Å². The zero-order valence-electron chi connectivity index (χ0n) is 16.8. The van der Waals surface area contributed by atoms with Crippen molar-refractivity contribution in [1.29, 1.82) is 0 Å². The molecule has 0 unspecified atom stereocenters. The maximum atomic E-state index is 13.1. The van der Waals surface area contributed by atoms with Crippen LogP contribution in [0.2, 0.25) is 0 Å². The minimum Gasteiger partial charge on any atom is -0.790 e. The number of hydrogen-bond donors (Lipinski definition) is 1. The smallest absolute Gasteiger partial charge is 0.790 e. The molecule has 2 aromatic carbocycles. The summed E-state index contributed by atoms with van der Waals surface area (Å²) in [5.74, 6) is -1.04. The fraction of sp³-hybridized carbons (Fsp3) is 0.118. The Balaban J connectivity index is 0.00000240. The third-order valence-corrected chi connectivity index (χ3v) is 4.29. The molecule has 14 heteroatoms. The Kier molecular flexibility index (Phi) is 10.5. The Labute approximate surface area is 219 Å². The number of carbonyl (C=O) groups is 2. The van der Waals surface area contributed by atoms with Gasteiger partial charge in [0, 0.05) is 11.1 Å². The fourth-order valence-electron chi connectivity index (χ4n) is 2.54. The first-order valence-corrected chi connectivity index (χ1v) is 9.46. The van der Waals surface area contributed by atoms with E-state index in [2.05, 4.69) is 19.6 Å². The molecular formula is C17H13FN3Na2O7P. The average molecular weight is 467 g/mol. The molecule has 1 N–H and O–H groups in total. The van der Waals surface area contributed by atoms with Gasteiger partial charge < -0.3 is 23.6 Å². The third-order valence-electron chi connectivity index (χ3n) is 3.86. The van der Waals surface area contributed by atoms with Crippen molar-refractivity contribution in [3.05, 3.63) is 59.4 Å². The summed E-state index contributed by atoms with van der Waals surface area (Å²) in [7, 11) is -4.18. The van der Waals surface area contributed by atoms with Gasteiger partial charge in [0.1, 0.15) is 12.5 Å². The van der Waals surface area contributed by atoms with Crippen LogP contribution in [0.5, 0.6) is 0 Å². The number of ether oxygens (including phenoxy) is 1. The number of aromatic nitrogens is 2. The molecule has 1 aromatic heterocycles. The summed E-state index contributed by atoms with van der Waals surface area (Å²) in [4.78, 5) is 49.8. The van der Waals surface area contributed by atoms with E-state index < -0.39 is 32.2 Å². The minimum absolute atomic E-state index is 0. The van der Waals surface area contributed by atoms with Gasteiger partial charge in [0.15, 0.2) is 5.78 Å². The molecule has 0 bridgehead atoms. The van der Waals surface area contributed by atoms with Crippen LogP contribution < -0.4 is 74.2 Å². The number of fused-ring (bicyclic) bond motifs is 1. The number of imidazole rings is 1. The molecule has 0 spiro atoms. The summed E-state index contributed by atoms with van der Waals surface area (Å²) in [6.45, 7) is -0.745. The molecule has 0 aliphatic rings. The van der Waals surface area contributed by atoms with Crippen LogP contribution in [0.1, 0.15) is 15.9 Å². The van der Waals surface area contributed by atoms with E-state index in [0.717, 1.165) is 23.8 Å². The van der Waals surface area contributed by atoms with Crippen molar-refractivity contribution in [3.63, 3.8) is 0 Å². The van der Waals surface area contributed by atoms with E-state index in [1.807, 2.05) is 0 Å². The van der Waals surface area contributed by atoms with Gasteiger partial charge in [0.25, 0.3) is 0 Å². The molecule has 31 heavy (non-hydrogen) atoms. The van der Waals surface area contributed by atoms with E-state index >= 15 is 0 Å². The summed E-state index contributed by atoms with van der Waals surface area (Å²) in [6.07, 6.45) is -0.892. The van der Waals surface area contributed by atoms with Gasteiger partial charge in [-0.25, -0.2) is 14.2 Å². The Hall–Kier alpha value is -1.11. The Morgan fingerprint density at radius 2 is 1.74 bits per heavy atom. The Morgan fingerprint density at radius 3 is 2.32 bits per heavy atom. The molecule has 0 atom stereocenters. The predicted molar refractivity (Wildman–Crippen MR) is 94.3 cm³/mol. The number of nitrogens with one attached hydrogen (secondary N) is 1. The number of rotatable bonds is 6. The van der Waals surface area contributed by atoms with Crippen molar-refractivity contribution in [1.82, 2.24) is 9.55 Å². The zero-order valence-corrected chi connectivity index (χ0v) is 21.7. The van der Waals surface area contributed by atoms with Crippen LogP contribution in [-0.4, -0.2) is 28.5 Å². The molecule has 0 aliphatic heterocycles. The van der Waals surface area contributed by atoms with Crippen LogP contribution in [0.3, 0.4) is 0 Å². The van der Waals surface area contributed by atoms with Crippen LogP contribution in [0.15, 0.2) is 42.5 Å². The van der Waals surface area contributed by atoms with Gasteiger partial charge >= 0.3 is 65.2 Å². The van der Waals surface area contributed by atoms with E-state index in [-0.39, 0.29) is 87.2 Å². The SMILES string of the molecule is COC(=O)Nc1nc2cc(C(=O)c3ccc(F)cc3)ccc2n1COP(=O)([O-])[O-].[Na+].[Na+]. The quantitative estimate of drug-likeness (QED) is 0.217. The normalized spacial score (nSPS) is 10.7. The number of ketones is 1. The second-order valence-electron chi connectivity index (χ2n) is 5.72. The maximum Gasteiger partial charge on any atom is 1.00 e. The third kappa shape index (κ3) is 7.19. The second kappa shape index (κ2) is 11.7. The number of halogens is 1. The molecule has 10 nitrogen and oxygen atoms in total. The number of nitrogens with zero attached hydrogens (tertiary/aromatic N) is 2. The second-order valence-corrected chi connectivity index (χ2v) is 6.88. The number of carbonyl (C=O) groups excluding carboxylic acids is 2. The van der Waals surface area contributed by atoms with E-state index in [1.165, 1.54) is 30.3 Å². The van der Waals surface area contributed by atoms with Crippen LogP contribution in [-0.2, 0) is 20.6 Å². The van der Waals surface area contributed by atoms with Crippen molar-refractivity contribution in [3.8, 4) is 0 Å². The van der Waals surface area contributed by atoms with Gasteiger partial charge in [0.2, 0.25) is 5.95 Å². The number of phosphoric ester groups is 1. The molecule has 1 heterocycles. The standard InChI is InChI=1S/C17H15FN3O7P.2Na/c1-27-17(23)20-16-19-13-8-11(15(22)10-2-5-12(18)6-3-10)4-7-14(13)21(16)9-28-29(24,25)26;;/h2-8H,9H2,1H3,(H,19,20,23)(H2,24,25,26);;/q;2*+1/p-2. The summed E-state index contributed by atoms with van der Waals surface area (Å²) in [6, 6.07) is 9.24. The monoisotopic (exact) mass is 467 g/mol. The summed E-state index contributed by atoms with van der Waals surface area (Å²) < 4.78 is 33.7. The number of amides is 1. The molecule has 0 aliphatic carbocycles. The number of phosphoric acid groups is 1. The number of anilines is 1. The minimum atomic E-state index is -5.29. The van der Waals surface area contributed by atoms with Crippen molar-refractivity contribution >= 4 is 36.7 Å². The summed E-state index contributed by atoms with van der Waals surface area (Å²) in [5.41, 5.74) is 0.956. The summed E-state index contributed by atoms with van der Waals surface area (Å²) in [5, 5.41) is 2.26. The van der Waals surface area contributed by atoms with Crippen molar-refractivity contribution in [2.75, 3.05) is 12.4 Å². The van der Waals surface area contributed by atoms with Gasteiger partial charge in [0.05, 0.1) is 26.0 Å². The fourth-order valence-corrected chi connectivity index (χ4v) is 2.79. The topological polar surface area (TPSA) is 146 Å². The van der Waals surface area contributed by atoms with Gasteiger partial charge in [-0.15, -0.1) is 0 Å². The number of hydrogen-bond acceptors (Lipinski definition) is 8. The molecular weight excluding hydrogens is 454 g/mol. The van der Waals surface area contributed by atoms with Crippen LogP contribution >= 0.6 is 7.82 Å². The average Bonchev–Trinajstić information content (AvgIpc) is 3.01. The molecule has 0 fully saturated rings. The first-order valence-electron chi connectivity index (χ1n) is 8.00. The predicted octanol–water partition coefficient (Wildman–Crippen LogP) is -4.60. The van der Waals surface area contributed by atoms with Crippen molar-refractivity contribution in [2.24, 2.45) is 0 Å². The Bertz CT molecular complexity index is 1130. The van der Waals surface area contributed by atoms with Gasteiger partial charge in [-0.2, -0.15) is 0 Å². The molecule has 0 radical (unpaired) electrons. The number of methoxy groups -OCH3 is 1. The van der Waals surface area contributed by atoms with Crippen LogP contribution in [0.4, 0.5) is 15.1 Å². The molecule has 3 rings (SSSR count). The Morgan fingerprint density at radius 1 is 1.13 bits per heavy atom. The van der Waals surface area contributed by atoms with Gasteiger partial charge in [-0.05, 0) is 42.5 Å². The largest absolute Gasteiger partial charge is 1.00 e. The first-order chi connectivity index (χ1) is 13.7. The van der Waals surface area contributed by atoms with Crippen molar-refractivity contribution in [2.45, 2.75) is 6.73 Å². The van der Waals surface area contributed by atoms with Crippen LogP contribution in [0.25, 0.3) is 11.0 Å². The van der Waals surface area contributed by atoms with Gasteiger partial charge in [-0.1, -0.05) is 0 Å². The number of benzene rings is 2. The molecule has 3 aromatic rings. The van der Waals surface area contributed by atoms with Gasteiger partial charge in [-0.3, -0.25) is 14.7 Å². The molecule has 152 valence electrons. The van der Waals surface area contributed by atoms with Crippen molar-refractivity contribution < 1.29 is 96.7 Å². The molecule has 1 amide bonds. The summed E-state index contributed by atoms with van der Waals surface area (Å²) >= 11 is 0. The van der Waals surface area contributed by atoms with Crippen LogP contribution in [0, 0.1) is 5.82 Å². The van der Waals surface area contributed by atoms with E-state index in [9.17, 15) is 28.3 Å². The zero-order chi connectivity index (χ0) is 21.2. The van der Waals surface area contributed by atoms with E-state index in [1.54, 1.807) is 0 Å². The maximum absolute atomic E-state index is 13.1. The molecule has 0 saturated carbocycles. The molecule has 0 saturated heterocycles.